The van der Waals surface area contributed by atoms with E-state index in [1.807, 2.05) is 30.3 Å². The zero-order valence-corrected chi connectivity index (χ0v) is 16.0. The molecule has 7 heteroatoms. The normalized spacial score (nSPS) is 17.9. The van der Waals surface area contributed by atoms with Crippen LogP contribution in [0.5, 0.6) is 0 Å². The van der Waals surface area contributed by atoms with Crippen LogP contribution in [-0.4, -0.2) is 61.6 Å². The third kappa shape index (κ3) is 4.84. The molecule has 140 valence electrons. The number of hydrogen-bond acceptors (Lipinski definition) is 4. The Bertz CT molecular complexity index is 804. The van der Waals surface area contributed by atoms with Gasteiger partial charge in [-0.3, -0.25) is 4.90 Å². The molecular weight excluding hydrogens is 372 g/mol. The molecule has 1 atom stereocenters. The van der Waals surface area contributed by atoms with Crippen molar-refractivity contribution in [3.8, 4) is 0 Å². The van der Waals surface area contributed by atoms with Gasteiger partial charge in [0.1, 0.15) is 0 Å². The van der Waals surface area contributed by atoms with Gasteiger partial charge in [0, 0.05) is 37.7 Å². The average Bonchev–Trinajstić information content (AvgIpc) is 2.63. The number of rotatable bonds is 6. The van der Waals surface area contributed by atoms with E-state index in [2.05, 4.69) is 4.90 Å². The fourth-order valence-corrected chi connectivity index (χ4v) is 4.71. The van der Waals surface area contributed by atoms with Crippen LogP contribution in [0.2, 0.25) is 5.02 Å². The number of halogens is 1. The van der Waals surface area contributed by atoms with Crippen LogP contribution in [0.1, 0.15) is 5.56 Å². The van der Waals surface area contributed by atoms with Gasteiger partial charge in [-0.25, -0.2) is 8.42 Å². The lowest BCUT2D eigenvalue weighted by molar-refractivity contribution is 0.0921. The first kappa shape index (κ1) is 19.3. The van der Waals surface area contributed by atoms with E-state index in [4.69, 9.17) is 11.6 Å². The number of benzene rings is 2. The molecule has 1 unspecified atom stereocenters. The van der Waals surface area contributed by atoms with Crippen LogP contribution >= 0.6 is 11.6 Å². The van der Waals surface area contributed by atoms with Crippen LogP contribution < -0.4 is 0 Å². The second-order valence-corrected chi connectivity index (χ2v) is 8.88. The molecule has 0 aliphatic carbocycles. The van der Waals surface area contributed by atoms with Crippen LogP contribution in [0.4, 0.5) is 0 Å². The maximum Gasteiger partial charge on any atom is 0.243 e. The Morgan fingerprint density at radius 1 is 0.962 bits per heavy atom. The largest absolute Gasteiger partial charge is 0.391 e. The van der Waals surface area contributed by atoms with Gasteiger partial charge in [-0.15, -0.1) is 0 Å². The molecule has 0 spiro atoms. The van der Waals surface area contributed by atoms with Gasteiger partial charge < -0.3 is 5.11 Å². The zero-order chi connectivity index (χ0) is 18.6. The van der Waals surface area contributed by atoms with Crippen molar-refractivity contribution >= 4 is 21.6 Å². The second kappa shape index (κ2) is 8.50. The summed E-state index contributed by atoms with van der Waals surface area (Å²) < 4.78 is 26.9. The molecule has 0 radical (unpaired) electrons. The first-order chi connectivity index (χ1) is 12.4. The fraction of sp³-hybridized carbons (Fsp3) is 0.368. The maximum atomic E-state index is 12.7. The standard InChI is InChI=1S/C19H23ClN2O3S/c20-17-6-8-19(9-7-17)26(24,25)22-12-10-21(11-13-22)15-18(23)14-16-4-2-1-3-5-16/h1-9,18,23H,10-15H2. The van der Waals surface area contributed by atoms with Crippen molar-refractivity contribution in [3.63, 3.8) is 0 Å². The minimum atomic E-state index is -3.49. The van der Waals surface area contributed by atoms with Crippen molar-refractivity contribution in [3.05, 3.63) is 65.2 Å². The summed E-state index contributed by atoms with van der Waals surface area (Å²) in [5.41, 5.74) is 1.10. The van der Waals surface area contributed by atoms with E-state index in [-0.39, 0.29) is 4.90 Å². The Morgan fingerprint density at radius 2 is 1.58 bits per heavy atom. The number of hydrogen-bond donors (Lipinski definition) is 1. The van der Waals surface area contributed by atoms with E-state index in [0.717, 1.165) is 5.56 Å². The van der Waals surface area contributed by atoms with Gasteiger partial charge in [-0.1, -0.05) is 41.9 Å². The third-order valence-electron chi connectivity index (χ3n) is 4.57. The van der Waals surface area contributed by atoms with E-state index in [0.29, 0.717) is 44.2 Å². The van der Waals surface area contributed by atoms with Gasteiger partial charge in [0.2, 0.25) is 10.0 Å². The minimum Gasteiger partial charge on any atom is -0.391 e. The molecule has 0 bridgehead atoms. The number of β-amino-alcohol motifs (C(OH)–C–C–N with tert-alkyl or cyclic N) is 1. The van der Waals surface area contributed by atoms with Gasteiger partial charge in [-0.2, -0.15) is 4.31 Å². The van der Waals surface area contributed by atoms with E-state index < -0.39 is 16.1 Å². The topological polar surface area (TPSA) is 60.9 Å². The van der Waals surface area contributed by atoms with Gasteiger partial charge in [0.15, 0.2) is 0 Å². The molecule has 5 nitrogen and oxygen atoms in total. The molecule has 0 amide bonds. The Morgan fingerprint density at radius 3 is 2.19 bits per heavy atom. The molecule has 0 saturated carbocycles. The third-order valence-corrected chi connectivity index (χ3v) is 6.73. The summed E-state index contributed by atoms with van der Waals surface area (Å²) in [7, 11) is -3.49. The lowest BCUT2D eigenvalue weighted by atomic mass is 10.1. The van der Waals surface area contributed by atoms with Crippen LogP contribution in [0.15, 0.2) is 59.5 Å². The summed E-state index contributed by atoms with van der Waals surface area (Å²) in [5.74, 6) is 0. The summed E-state index contributed by atoms with van der Waals surface area (Å²) in [5, 5.41) is 10.8. The molecule has 1 saturated heterocycles. The molecule has 1 fully saturated rings. The summed E-state index contributed by atoms with van der Waals surface area (Å²) in [6, 6.07) is 16.1. The van der Waals surface area contributed by atoms with Gasteiger partial charge >= 0.3 is 0 Å². The molecule has 2 aromatic rings. The number of piperazine rings is 1. The fourth-order valence-electron chi connectivity index (χ4n) is 3.16. The van der Waals surface area contributed by atoms with Crippen molar-refractivity contribution in [1.29, 1.82) is 0 Å². The lowest BCUT2D eigenvalue weighted by Crippen LogP contribution is -2.50. The number of nitrogens with zero attached hydrogens (tertiary/aromatic N) is 2. The van der Waals surface area contributed by atoms with Gasteiger partial charge in [0.25, 0.3) is 0 Å². The maximum absolute atomic E-state index is 12.7. The van der Waals surface area contributed by atoms with Crippen LogP contribution in [0, 0.1) is 0 Å². The Balaban J connectivity index is 1.53. The van der Waals surface area contributed by atoms with Crippen LogP contribution in [0.3, 0.4) is 0 Å². The average molecular weight is 395 g/mol. The van der Waals surface area contributed by atoms with Crippen molar-refractivity contribution in [2.24, 2.45) is 0 Å². The molecule has 1 N–H and O–H groups in total. The molecule has 3 rings (SSSR count). The second-order valence-electron chi connectivity index (χ2n) is 6.50. The van der Waals surface area contributed by atoms with E-state index >= 15 is 0 Å². The van der Waals surface area contributed by atoms with Gasteiger partial charge in [-0.05, 0) is 36.2 Å². The first-order valence-electron chi connectivity index (χ1n) is 8.65. The Labute approximate surface area is 159 Å². The zero-order valence-electron chi connectivity index (χ0n) is 14.5. The molecule has 0 aromatic heterocycles. The highest BCUT2D eigenvalue weighted by molar-refractivity contribution is 7.89. The quantitative estimate of drug-likeness (QED) is 0.816. The summed E-state index contributed by atoms with van der Waals surface area (Å²) in [6.45, 7) is 2.60. The van der Waals surface area contributed by atoms with Crippen LogP contribution in [-0.2, 0) is 16.4 Å². The van der Waals surface area contributed by atoms with Crippen molar-refractivity contribution in [2.45, 2.75) is 17.4 Å². The molecule has 26 heavy (non-hydrogen) atoms. The molecule has 1 aliphatic heterocycles. The summed E-state index contributed by atoms with van der Waals surface area (Å²) >= 11 is 5.83. The molecule has 1 aliphatic rings. The number of aliphatic hydroxyl groups is 1. The summed E-state index contributed by atoms with van der Waals surface area (Å²) in [4.78, 5) is 2.38. The predicted octanol–water partition coefficient (Wildman–Crippen LogP) is 2.25. The highest BCUT2D eigenvalue weighted by Gasteiger charge is 2.29. The lowest BCUT2D eigenvalue weighted by Gasteiger charge is -2.35. The van der Waals surface area contributed by atoms with E-state index in [1.54, 1.807) is 12.1 Å². The van der Waals surface area contributed by atoms with E-state index in [1.165, 1.54) is 16.4 Å². The van der Waals surface area contributed by atoms with Crippen molar-refractivity contribution in [2.75, 3.05) is 32.7 Å². The SMILES string of the molecule is O=S(=O)(c1ccc(Cl)cc1)N1CCN(CC(O)Cc2ccccc2)CC1. The smallest absolute Gasteiger partial charge is 0.243 e. The monoisotopic (exact) mass is 394 g/mol. The Kier molecular flexibility index (Phi) is 6.32. The van der Waals surface area contributed by atoms with Crippen molar-refractivity contribution < 1.29 is 13.5 Å². The van der Waals surface area contributed by atoms with Crippen LogP contribution in [0.25, 0.3) is 0 Å². The highest BCUT2D eigenvalue weighted by atomic mass is 35.5. The number of sulfonamides is 1. The van der Waals surface area contributed by atoms with Gasteiger partial charge in [0.05, 0.1) is 11.0 Å². The number of aliphatic hydroxyl groups excluding tert-OH is 1. The highest BCUT2D eigenvalue weighted by Crippen LogP contribution is 2.20. The minimum absolute atomic E-state index is 0.263. The molecule has 2 aromatic carbocycles. The summed E-state index contributed by atoms with van der Waals surface area (Å²) in [6.07, 6.45) is 0.140. The molecular formula is C19H23ClN2O3S. The Hall–Kier alpha value is -1.44. The first-order valence-corrected chi connectivity index (χ1v) is 10.5. The molecule has 1 heterocycles. The van der Waals surface area contributed by atoms with E-state index in [9.17, 15) is 13.5 Å². The van der Waals surface area contributed by atoms with Crippen molar-refractivity contribution in [1.82, 2.24) is 9.21 Å². The predicted molar refractivity (Wildman–Crippen MR) is 103 cm³/mol.